The lowest BCUT2D eigenvalue weighted by Crippen LogP contribution is -2.26. The van der Waals surface area contributed by atoms with E-state index in [0.717, 1.165) is 0 Å². The zero-order chi connectivity index (χ0) is 11.5. The number of esters is 1. The smallest absolute Gasteiger partial charge is 0.348 e. The lowest BCUT2D eigenvalue weighted by molar-refractivity contribution is -0.154. The number of hydrogen-bond donors (Lipinski definition) is 0. The molecule has 0 aromatic carbocycles. The van der Waals surface area contributed by atoms with Gasteiger partial charge in [0.05, 0.1) is 0 Å². The van der Waals surface area contributed by atoms with E-state index in [9.17, 15) is 4.79 Å². The Morgan fingerprint density at radius 3 is 2.60 bits per heavy atom. The first-order chi connectivity index (χ1) is 7.26. The molecule has 0 radical (unpaired) electrons. The molecule has 0 aliphatic heterocycles. The van der Waals surface area contributed by atoms with Gasteiger partial charge in [0, 0.05) is 0 Å². The summed E-state index contributed by atoms with van der Waals surface area (Å²) in [5, 5.41) is 16.3. The number of rotatable bonds is 7. The first kappa shape index (κ1) is 13.1. The van der Waals surface area contributed by atoms with Crippen molar-refractivity contribution in [2.24, 2.45) is 0 Å². The van der Waals surface area contributed by atoms with E-state index in [-0.39, 0.29) is 13.2 Å². The largest absolute Gasteiger partial charge is 0.459 e. The van der Waals surface area contributed by atoms with E-state index in [1.807, 2.05) is 6.92 Å². The molecule has 82 valence electrons. The predicted molar refractivity (Wildman–Crippen MR) is 47.9 cm³/mol. The van der Waals surface area contributed by atoms with E-state index < -0.39 is 12.1 Å². The molecule has 0 aliphatic carbocycles. The molecule has 0 aromatic rings. The summed E-state index contributed by atoms with van der Waals surface area (Å²) in [5.74, 6) is -0.611. The van der Waals surface area contributed by atoms with Gasteiger partial charge in [-0.25, -0.2) is 4.79 Å². The summed E-state index contributed by atoms with van der Waals surface area (Å²) in [6.07, 6.45) is 3.16. The molecule has 1 atom stereocenters. The topological polar surface area (TPSA) is 92.3 Å². The zero-order valence-electron chi connectivity index (χ0n) is 8.43. The molecule has 0 fully saturated rings. The molecule has 6 nitrogen and oxygen atoms in total. The fraction of sp³-hybridized carbons (Fsp3) is 0.667. The number of ether oxygens (including phenoxy) is 3. The minimum absolute atomic E-state index is 0.00758. The Kier molecular flexibility index (Phi) is 7.52. The van der Waals surface area contributed by atoms with Crippen molar-refractivity contribution in [3.8, 4) is 12.5 Å². The highest BCUT2D eigenvalue weighted by atomic mass is 16.6. The highest BCUT2D eigenvalue weighted by Crippen LogP contribution is 2.03. The third-order valence-electron chi connectivity index (χ3n) is 1.50. The second-order valence-electron chi connectivity index (χ2n) is 2.59. The number of carbonyl (C=O) groups excluding carboxylic acids is 1. The summed E-state index contributed by atoms with van der Waals surface area (Å²) < 4.78 is 13.6. The Balaban J connectivity index is 3.83. The molecule has 0 amide bonds. The van der Waals surface area contributed by atoms with E-state index in [0.29, 0.717) is 12.8 Å². The van der Waals surface area contributed by atoms with E-state index >= 15 is 0 Å². The second kappa shape index (κ2) is 8.64. The van der Waals surface area contributed by atoms with Gasteiger partial charge in [0.25, 0.3) is 12.5 Å². The van der Waals surface area contributed by atoms with Crippen molar-refractivity contribution in [1.29, 1.82) is 10.5 Å². The molecule has 0 aromatic heterocycles. The molecule has 6 heteroatoms. The van der Waals surface area contributed by atoms with Gasteiger partial charge in [-0.05, 0) is 6.42 Å². The van der Waals surface area contributed by atoms with Gasteiger partial charge in [0.2, 0.25) is 6.10 Å². The summed E-state index contributed by atoms with van der Waals surface area (Å²) in [6.45, 7) is 1.84. The van der Waals surface area contributed by atoms with Gasteiger partial charge in [-0.15, -0.1) is 0 Å². The molecule has 0 aliphatic rings. The zero-order valence-corrected chi connectivity index (χ0v) is 8.43. The van der Waals surface area contributed by atoms with Crippen molar-refractivity contribution in [3.05, 3.63) is 0 Å². The van der Waals surface area contributed by atoms with Crippen LogP contribution in [-0.2, 0) is 19.0 Å². The number of hydrogen-bond acceptors (Lipinski definition) is 6. The molecule has 0 heterocycles. The minimum atomic E-state index is -0.859. The summed E-state index contributed by atoms with van der Waals surface area (Å²) in [5.41, 5.74) is 0. The number of nitrogens with zero attached hydrogens (tertiary/aromatic N) is 2. The summed E-state index contributed by atoms with van der Waals surface area (Å²) in [4.78, 5) is 11.2. The number of carbonyl (C=O) groups is 1. The Morgan fingerprint density at radius 2 is 2.07 bits per heavy atom. The third kappa shape index (κ3) is 6.17. The molecule has 15 heavy (non-hydrogen) atoms. The lowest BCUT2D eigenvalue weighted by Gasteiger charge is -2.11. The van der Waals surface area contributed by atoms with Crippen LogP contribution in [-0.4, -0.2) is 25.3 Å². The van der Waals surface area contributed by atoms with E-state index in [1.165, 1.54) is 12.5 Å². The quantitative estimate of drug-likeness (QED) is 0.350. The maximum atomic E-state index is 11.2. The number of nitriles is 2. The Morgan fingerprint density at radius 1 is 1.33 bits per heavy atom. The van der Waals surface area contributed by atoms with Crippen LogP contribution in [0.15, 0.2) is 0 Å². The van der Waals surface area contributed by atoms with Crippen LogP contribution in [0.2, 0.25) is 0 Å². The SMILES string of the molecule is CCCC(OC#N)C(=O)OCCOC#N. The van der Waals surface area contributed by atoms with Crippen LogP contribution in [0, 0.1) is 23.0 Å². The normalized spacial score (nSPS) is 10.6. The summed E-state index contributed by atoms with van der Waals surface area (Å²) >= 11 is 0. The van der Waals surface area contributed by atoms with Gasteiger partial charge < -0.3 is 14.2 Å². The van der Waals surface area contributed by atoms with Crippen molar-refractivity contribution in [1.82, 2.24) is 0 Å². The van der Waals surface area contributed by atoms with Crippen molar-refractivity contribution in [2.75, 3.05) is 13.2 Å². The molecular weight excluding hydrogens is 200 g/mol. The molecule has 0 bridgehead atoms. The predicted octanol–water partition coefficient (Wildman–Crippen LogP) is 0.694. The van der Waals surface area contributed by atoms with Gasteiger partial charge in [0.1, 0.15) is 13.2 Å². The first-order valence-electron chi connectivity index (χ1n) is 4.48. The minimum Gasteiger partial charge on any atom is -0.459 e. The van der Waals surface area contributed by atoms with Gasteiger partial charge in [0.15, 0.2) is 0 Å². The molecule has 0 saturated heterocycles. The Hall–Kier alpha value is -1.95. The Labute approximate surface area is 87.9 Å². The molecule has 0 spiro atoms. The monoisotopic (exact) mass is 212 g/mol. The first-order valence-corrected chi connectivity index (χ1v) is 4.48. The van der Waals surface area contributed by atoms with Gasteiger partial charge in [-0.3, -0.25) is 0 Å². The molecule has 0 N–H and O–H groups in total. The standard InChI is InChI=1S/C9H12N2O4/c1-2-3-8(15-7-11)9(12)14-5-4-13-6-10/h8H,2-5H2,1H3. The summed E-state index contributed by atoms with van der Waals surface area (Å²) in [7, 11) is 0. The highest BCUT2D eigenvalue weighted by molar-refractivity contribution is 5.74. The summed E-state index contributed by atoms with van der Waals surface area (Å²) in [6, 6.07) is 0. The molecule has 0 rings (SSSR count). The van der Waals surface area contributed by atoms with Crippen LogP contribution in [0.3, 0.4) is 0 Å². The highest BCUT2D eigenvalue weighted by Gasteiger charge is 2.20. The van der Waals surface area contributed by atoms with Crippen molar-refractivity contribution in [3.63, 3.8) is 0 Å². The van der Waals surface area contributed by atoms with Crippen LogP contribution in [0.1, 0.15) is 19.8 Å². The van der Waals surface area contributed by atoms with Crippen LogP contribution in [0.25, 0.3) is 0 Å². The van der Waals surface area contributed by atoms with Crippen LogP contribution < -0.4 is 0 Å². The molecule has 1 unspecified atom stereocenters. The van der Waals surface area contributed by atoms with Crippen molar-refractivity contribution in [2.45, 2.75) is 25.9 Å². The van der Waals surface area contributed by atoms with Gasteiger partial charge in [-0.1, -0.05) is 13.3 Å². The van der Waals surface area contributed by atoms with E-state index in [4.69, 9.17) is 15.3 Å². The second-order valence-corrected chi connectivity index (χ2v) is 2.59. The maximum Gasteiger partial charge on any atom is 0.348 e. The molecular formula is C9H12N2O4. The van der Waals surface area contributed by atoms with Crippen LogP contribution in [0.5, 0.6) is 0 Å². The third-order valence-corrected chi connectivity index (χ3v) is 1.50. The van der Waals surface area contributed by atoms with Crippen molar-refractivity contribution >= 4 is 5.97 Å². The van der Waals surface area contributed by atoms with Gasteiger partial charge >= 0.3 is 5.97 Å². The van der Waals surface area contributed by atoms with E-state index in [1.54, 1.807) is 0 Å². The maximum absolute atomic E-state index is 11.2. The fourth-order valence-corrected chi connectivity index (χ4v) is 0.873. The average molecular weight is 212 g/mol. The van der Waals surface area contributed by atoms with E-state index in [2.05, 4.69) is 9.47 Å². The van der Waals surface area contributed by atoms with Crippen LogP contribution in [0.4, 0.5) is 0 Å². The van der Waals surface area contributed by atoms with Gasteiger partial charge in [-0.2, -0.15) is 10.5 Å². The Bertz CT molecular complexity index is 266. The lowest BCUT2D eigenvalue weighted by atomic mass is 10.2. The van der Waals surface area contributed by atoms with Crippen molar-refractivity contribution < 1.29 is 19.0 Å². The fourth-order valence-electron chi connectivity index (χ4n) is 0.873. The average Bonchev–Trinajstić information content (AvgIpc) is 2.24. The molecule has 0 saturated carbocycles. The van der Waals surface area contributed by atoms with Crippen LogP contribution >= 0.6 is 0 Å².